The first-order chi connectivity index (χ1) is 7.75. The van der Waals surface area contributed by atoms with Crippen molar-refractivity contribution in [2.24, 2.45) is 0 Å². The summed E-state index contributed by atoms with van der Waals surface area (Å²) in [5.74, 6) is 0.732. The zero-order chi connectivity index (χ0) is 11.4. The highest BCUT2D eigenvalue weighted by Gasteiger charge is 2.16. The summed E-state index contributed by atoms with van der Waals surface area (Å²) in [6.07, 6.45) is 3.51. The number of halogens is 1. The van der Waals surface area contributed by atoms with Crippen molar-refractivity contribution in [3.05, 3.63) is 16.9 Å². The third kappa shape index (κ3) is 3.13. The van der Waals surface area contributed by atoms with Gasteiger partial charge in [-0.2, -0.15) is 0 Å². The van der Waals surface area contributed by atoms with E-state index < -0.39 is 0 Å². The molecule has 1 saturated heterocycles. The molecule has 0 aromatic carbocycles. The van der Waals surface area contributed by atoms with Gasteiger partial charge in [-0.3, -0.25) is 0 Å². The highest BCUT2D eigenvalue weighted by atomic mass is 79.9. The molecule has 2 heterocycles. The maximum atomic E-state index is 5.40. The molecule has 1 atom stereocenters. The number of likely N-dealkylation sites (N-methyl/N-ethyl adjacent to an activating group) is 1. The number of nitrogens with zero attached hydrogens (tertiary/aromatic N) is 3. The standard InChI is InChI=1S/C10H15BrN4O/c1-15(6-9-7-16-3-2-12-9)10-13-4-8(11)5-14-10/h4-5,9,12H,2-3,6-7H2,1H3. The van der Waals surface area contributed by atoms with Crippen LogP contribution in [0.3, 0.4) is 0 Å². The smallest absolute Gasteiger partial charge is 0.225 e. The summed E-state index contributed by atoms with van der Waals surface area (Å²) in [6, 6.07) is 0.353. The summed E-state index contributed by atoms with van der Waals surface area (Å²) in [6.45, 7) is 3.32. The second-order valence-corrected chi connectivity index (χ2v) is 4.72. The fourth-order valence-corrected chi connectivity index (χ4v) is 1.86. The van der Waals surface area contributed by atoms with E-state index in [1.165, 1.54) is 0 Å². The second kappa shape index (κ2) is 5.56. The molecule has 1 aliphatic rings. The first kappa shape index (κ1) is 11.8. The Balaban J connectivity index is 1.91. The monoisotopic (exact) mass is 286 g/mol. The highest BCUT2D eigenvalue weighted by molar-refractivity contribution is 9.10. The lowest BCUT2D eigenvalue weighted by molar-refractivity contribution is 0.0790. The zero-order valence-electron chi connectivity index (χ0n) is 9.19. The van der Waals surface area contributed by atoms with Crippen molar-refractivity contribution in [2.45, 2.75) is 6.04 Å². The largest absolute Gasteiger partial charge is 0.378 e. The molecule has 1 fully saturated rings. The van der Waals surface area contributed by atoms with Crippen molar-refractivity contribution < 1.29 is 4.74 Å². The van der Waals surface area contributed by atoms with E-state index >= 15 is 0 Å². The summed E-state index contributed by atoms with van der Waals surface area (Å²) in [5, 5.41) is 3.40. The maximum Gasteiger partial charge on any atom is 0.225 e. The van der Waals surface area contributed by atoms with Gasteiger partial charge >= 0.3 is 0 Å². The van der Waals surface area contributed by atoms with E-state index in [-0.39, 0.29) is 0 Å². The molecule has 1 aliphatic heterocycles. The molecule has 1 N–H and O–H groups in total. The maximum absolute atomic E-state index is 5.40. The Bertz CT molecular complexity index is 326. The Labute approximate surface area is 103 Å². The zero-order valence-corrected chi connectivity index (χ0v) is 10.8. The minimum absolute atomic E-state index is 0.353. The average Bonchev–Trinajstić information content (AvgIpc) is 2.31. The van der Waals surface area contributed by atoms with Crippen LogP contribution in [-0.4, -0.2) is 49.4 Å². The summed E-state index contributed by atoms with van der Waals surface area (Å²) in [7, 11) is 1.99. The first-order valence-corrected chi connectivity index (χ1v) is 6.05. The number of rotatable bonds is 3. The van der Waals surface area contributed by atoms with Crippen LogP contribution in [0.2, 0.25) is 0 Å². The lowest BCUT2D eigenvalue weighted by atomic mass is 10.2. The van der Waals surface area contributed by atoms with Gasteiger partial charge in [0, 0.05) is 38.6 Å². The van der Waals surface area contributed by atoms with Crippen molar-refractivity contribution in [1.82, 2.24) is 15.3 Å². The van der Waals surface area contributed by atoms with Crippen LogP contribution in [0.4, 0.5) is 5.95 Å². The Hall–Kier alpha value is -0.720. The number of hydrogen-bond acceptors (Lipinski definition) is 5. The van der Waals surface area contributed by atoms with E-state index in [2.05, 4.69) is 31.2 Å². The molecule has 1 aromatic rings. The van der Waals surface area contributed by atoms with Crippen LogP contribution in [0.1, 0.15) is 0 Å². The number of ether oxygens (including phenoxy) is 1. The first-order valence-electron chi connectivity index (χ1n) is 5.25. The van der Waals surface area contributed by atoms with Gasteiger partial charge in [-0.15, -0.1) is 0 Å². The van der Waals surface area contributed by atoms with Crippen molar-refractivity contribution in [3.63, 3.8) is 0 Å². The molecule has 1 aromatic heterocycles. The minimum atomic E-state index is 0.353. The van der Waals surface area contributed by atoms with Crippen molar-refractivity contribution in [2.75, 3.05) is 38.3 Å². The van der Waals surface area contributed by atoms with Crippen LogP contribution < -0.4 is 10.2 Å². The Morgan fingerprint density at radius 1 is 1.56 bits per heavy atom. The van der Waals surface area contributed by atoms with Crippen LogP contribution in [0.5, 0.6) is 0 Å². The van der Waals surface area contributed by atoms with Crippen LogP contribution in [0, 0.1) is 0 Å². The molecule has 5 nitrogen and oxygen atoms in total. The van der Waals surface area contributed by atoms with Crippen LogP contribution in [-0.2, 0) is 4.74 Å². The SMILES string of the molecule is CN(CC1COCCN1)c1ncc(Br)cn1. The topological polar surface area (TPSA) is 50.3 Å². The van der Waals surface area contributed by atoms with Crippen LogP contribution in [0.15, 0.2) is 16.9 Å². The molecule has 1 unspecified atom stereocenters. The van der Waals surface area contributed by atoms with Crippen molar-refractivity contribution in [3.8, 4) is 0 Å². The van der Waals surface area contributed by atoms with E-state index in [4.69, 9.17) is 4.74 Å². The molecular weight excluding hydrogens is 272 g/mol. The van der Waals surface area contributed by atoms with Crippen LogP contribution in [0.25, 0.3) is 0 Å². The predicted octanol–water partition coefficient (Wildman–Crippen LogP) is 0.664. The molecule has 0 radical (unpaired) electrons. The number of hydrogen-bond donors (Lipinski definition) is 1. The molecule has 0 amide bonds. The Morgan fingerprint density at radius 3 is 2.94 bits per heavy atom. The fourth-order valence-electron chi connectivity index (χ4n) is 1.65. The van der Waals surface area contributed by atoms with Gasteiger partial charge in [-0.05, 0) is 15.9 Å². The number of anilines is 1. The molecule has 0 aliphatic carbocycles. The molecule has 0 spiro atoms. The van der Waals surface area contributed by atoms with Gasteiger partial charge in [0.05, 0.1) is 17.7 Å². The molecule has 16 heavy (non-hydrogen) atoms. The molecular formula is C10H15BrN4O. The minimum Gasteiger partial charge on any atom is -0.378 e. The average molecular weight is 287 g/mol. The van der Waals surface area contributed by atoms with Gasteiger partial charge in [0.15, 0.2) is 0 Å². The molecule has 88 valence electrons. The quantitative estimate of drug-likeness (QED) is 0.885. The van der Waals surface area contributed by atoms with E-state index in [9.17, 15) is 0 Å². The third-order valence-electron chi connectivity index (χ3n) is 2.44. The summed E-state index contributed by atoms with van der Waals surface area (Å²) >= 11 is 3.32. The van der Waals surface area contributed by atoms with E-state index in [0.29, 0.717) is 6.04 Å². The third-order valence-corrected chi connectivity index (χ3v) is 2.85. The van der Waals surface area contributed by atoms with E-state index in [1.807, 2.05) is 11.9 Å². The Morgan fingerprint density at radius 2 is 2.31 bits per heavy atom. The normalized spacial score (nSPS) is 20.8. The van der Waals surface area contributed by atoms with Crippen LogP contribution >= 0.6 is 15.9 Å². The lowest BCUT2D eigenvalue weighted by Gasteiger charge is -2.28. The second-order valence-electron chi connectivity index (χ2n) is 3.81. The van der Waals surface area contributed by atoms with Gasteiger partial charge in [-0.1, -0.05) is 0 Å². The Kier molecular flexibility index (Phi) is 4.09. The van der Waals surface area contributed by atoms with Gasteiger partial charge in [0.2, 0.25) is 5.95 Å². The molecule has 0 bridgehead atoms. The fraction of sp³-hybridized carbons (Fsp3) is 0.600. The lowest BCUT2D eigenvalue weighted by Crippen LogP contribution is -2.48. The van der Waals surface area contributed by atoms with Crippen molar-refractivity contribution >= 4 is 21.9 Å². The predicted molar refractivity (Wildman–Crippen MR) is 65.6 cm³/mol. The summed E-state index contributed by atoms with van der Waals surface area (Å²) in [4.78, 5) is 10.5. The van der Waals surface area contributed by atoms with E-state index in [1.54, 1.807) is 12.4 Å². The van der Waals surface area contributed by atoms with Gasteiger partial charge in [0.1, 0.15) is 0 Å². The number of nitrogens with one attached hydrogen (secondary N) is 1. The molecule has 2 rings (SSSR count). The molecule has 6 heteroatoms. The molecule has 0 saturated carbocycles. The summed E-state index contributed by atoms with van der Waals surface area (Å²) < 4.78 is 6.29. The van der Waals surface area contributed by atoms with Gasteiger partial charge in [0.25, 0.3) is 0 Å². The summed E-state index contributed by atoms with van der Waals surface area (Å²) in [5.41, 5.74) is 0. The highest BCUT2D eigenvalue weighted by Crippen LogP contribution is 2.10. The van der Waals surface area contributed by atoms with E-state index in [0.717, 1.165) is 36.7 Å². The van der Waals surface area contributed by atoms with Gasteiger partial charge in [-0.25, -0.2) is 9.97 Å². The van der Waals surface area contributed by atoms with Crippen molar-refractivity contribution in [1.29, 1.82) is 0 Å². The van der Waals surface area contributed by atoms with Gasteiger partial charge < -0.3 is 15.0 Å². The number of morpholine rings is 1. The number of aromatic nitrogens is 2.